The number of anilines is 3. The van der Waals surface area contributed by atoms with Crippen molar-refractivity contribution in [3.8, 4) is 0 Å². The topological polar surface area (TPSA) is 167 Å². The van der Waals surface area contributed by atoms with E-state index in [1.54, 1.807) is 24.8 Å². The van der Waals surface area contributed by atoms with Crippen molar-refractivity contribution in [2.75, 3.05) is 93.6 Å². The van der Waals surface area contributed by atoms with Gasteiger partial charge in [-0.1, -0.05) is 0 Å². The summed E-state index contributed by atoms with van der Waals surface area (Å²) in [6, 6.07) is 7.52. The molecule has 0 N–H and O–H groups in total. The van der Waals surface area contributed by atoms with Crippen LogP contribution in [0.15, 0.2) is 62.6 Å². The normalized spacial score (nSPS) is 17.2. The summed E-state index contributed by atoms with van der Waals surface area (Å²) in [7, 11) is 0. The van der Waals surface area contributed by atoms with Crippen molar-refractivity contribution in [2.24, 2.45) is 0 Å². The van der Waals surface area contributed by atoms with Crippen molar-refractivity contribution in [1.82, 2.24) is 34.9 Å². The van der Waals surface area contributed by atoms with E-state index in [9.17, 15) is 0 Å². The van der Waals surface area contributed by atoms with Gasteiger partial charge in [-0.05, 0) is 18.2 Å². The summed E-state index contributed by atoms with van der Waals surface area (Å²) in [5.74, 6) is 0. The summed E-state index contributed by atoms with van der Waals surface area (Å²) in [6.07, 6.45) is 8.20. The Morgan fingerprint density at radius 3 is 1.73 bits per heavy atom. The van der Waals surface area contributed by atoms with Crippen LogP contribution in [0.1, 0.15) is 0 Å². The number of hydrogen-bond acceptors (Lipinski definition) is 16. The second-order valence-electron chi connectivity index (χ2n) is 10.2. The van der Waals surface area contributed by atoms with Gasteiger partial charge in [-0.2, -0.15) is 15.0 Å². The van der Waals surface area contributed by atoms with Gasteiger partial charge >= 0.3 is 0 Å². The summed E-state index contributed by atoms with van der Waals surface area (Å²) in [4.78, 5) is 35.3. The van der Waals surface area contributed by atoms with Crippen LogP contribution in [0.4, 0.5) is 18.0 Å². The highest BCUT2D eigenvalue weighted by molar-refractivity contribution is 5.73. The van der Waals surface area contributed by atoms with E-state index in [0.29, 0.717) is 48.2 Å². The summed E-state index contributed by atoms with van der Waals surface area (Å²) in [5.41, 5.74) is 4.22. The number of rotatable bonds is 3. The third kappa shape index (κ3) is 6.92. The van der Waals surface area contributed by atoms with Crippen molar-refractivity contribution in [3.05, 3.63) is 49.3 Å². The van der Waals surface area contributed by atoms with Gasteiger partial charge in [0, 0.05) is 51.7 Å². The Balaban J connectivity index is 0.000000108. The number of oxazole rings is 3. The third-order valence-corrected chi connectivity index (χ3v) is 7.24. The van der Waals surface area contributed by atoms with Gasteiger partial charge in [-0.25, -0.2) is 15.0 Å². The Morgan fingerprint density at radius 2 is 1.11 bits per heavy atom. The number of fused-ring (bicyclic) bond motifs is 3. The molecule has 3 saturated heterocycles. The number of hydrogen-bond donors (Lipinski definition) is 0. The zero-order chi connectivity index (χ0) is 30.3. The van der Waals surface area contributed by atoms with Gasteiger partial charge in [0.25, 0.3) is 18.0 Å². The minimum Gasteiger partial charge on any atom is -0.422 e. The molecule has 0 unspecified atom stereocenters. The third-order valence-electron chi connectivity index (χ3n) is 7.24. The second-order valence-corrected chi connectivity index (χ2v) is 10.2. The highest BCUT2D eigenvalue weighted by atomic mass is 16.5. The molecule has 0 atom stereocenters. The molecule has 0 amide bonds. The largest absolute Gasteiger partial charge is 0.422 e. The molecule has 3 aliphatic heterocycles. The fourth-order valence-corrected chi connectivity index (χ4v) is 4.87. The molecule has 3 fully saturated rings. The average Bonchev–Trinajstić information content (AvgIpc) is 3.87. The molecule has 0 saturated carbocycles. The maximum Gasteiger partial charge on any atom is 0.300 e. The van der Waals surface area contributed by atoms with Gasteiger partial charge in [0.1, 0.15) is 17.4 Å². The number of pyridine rings is 2. The Morgan fingerprint density at radius 1 is 0.533 bits per heavy atom. The zero-order valence-corrected chi connectivity index (χ0v) is 24.5. The van der Waals surface area contributed by atoms with Gasteiger partial charge in [-0.3, -0.25) is 4.98 Å². The van der Waals surface area contributed by atoms with Crippen molar-refractivity contribution < 1.29 is 27.5 Å². The van der Waals surface area contributed by atoms with E-state index < -0.39 is 0 Å². The zero-order valence-electron chi connectivity index (χ0n) is 24.5. The molecule has 0 aromatic carbocycles. The monoisotopic (exact) mass is 616 g/mol. The van der Waals surface area contributed by atoms with Crippen LogP contribution >= 0.6 is 0 Å². The van der Waals surface area contributed by atoms with Crippen LogP contribution in [0.2, 0.25) is 0 Å². The Labute approximate surface area is 257 Å². The first kappa shape index (κ1) is 28.8. The summed E-state index contributed by atoms with van der Waals surface area (Å²) in [5, 5.41) is 0. The fraction of sp³-hybridized carbons (Fsp3) is 0.414. The van der Waals surface area contributed by atoms with E-state index in [1.165, 1.54) is 6.33 Å². The Hall–Kier alpha value is -4.93. The average molecular weight is 617 g/mol. The lowest BCUT2D eigenvalue weighted by atomic mass is 10.4. The van der Waals surface area contributed by atoms with Crippen LogP contribution in [0, 0.1) is 0 Å². The molecule has 3 aliphatic rings. The predicted molar refractivity (Wildman–Crippen MR) is 162 cm³/mol. The predicted octanol–water partition coefficient (Wildman–Crippen LogP) is 2.57. The van der Waals surface area contributed by atoms with Gasteiger partial charge in [-0.15, -0.1) is 0 Å². The number of nitrogens with zero attached hydrogens (tertiary/aromatic N) is 10. The fourth-order valence-electron chi connectivity index (χ4n) is 4.87. The maximum absolute atomic E-state index is 5.60. The van der Waals surface area contributed by atoms with Crippen LogP contribution in [-0.2, 0) is 14.2 Å². The van der Waals surface area contributed by atoms with E-state index in [1.807, 2.05) is 23.1 Å². The van der Waals surface area contributed by atoms with E-state index in [4.69, 9.17) is 27.5 Å². The van der Waals surface area contributed by atoms with Crippen LogP contribution in [0.3, 0.4) is 0 Å². The number of morpholine rings is 3. The van der Waals surface area contributed by atoms with Gasteiger partial charge in [0.15, 0.2) is 11.2 Å². The number of ether oxygens (including phenoxy) is 3. The Kier molecular flexibility index (Phi) is 8.83. The molecule has 9 heterocycles. The highest BCUT2D eigenvalue weighted by Gasteiger charge is 2.19. The van der Waals surface area contributed by atoms with Crippen LogP contribution in [-0.4, -0.2) is 114 Å². The lowest BCUT2D eigenvalue weighted by Crippen LogP contribution is -2.36. The Bertz CT molecular complexity index is 1500. The van der Waals surface area contributed by atoms with Crippen LogP contribution in [0.25, 0.3) is 33.6 Å². The first-order valence-corrected chi connectivity index (χ1v) is 14.8. The van der Waals surface area contributed by atoms with E-state index >= 15 is 0 Å². The molecule has 234 valence electrons. The minimum absolute atomic E-state index is 0.596. The first-order chi connectivity index (χ1) is 22.3. The maximum atomic E-state index is 5.60. The molecule has 0 aliphatic carbocycles. The van der Waals surface area contributed by atoms with Gasteiger partial charge in [0.05, 0.1) is 52.0 Å². The standard InChI is InChI=1S/2C10H11N3O2.C9H10N4O2/c1-2-11-7-9-8(1)12-10(15-9)13-3-5-14-6-4-13;1-2-8-9(11-3-1)15-10(12-8)13-4-6-14-7-5-13;1-3-14-4-2-13(1)9-12-8-7(15-9)5-10-6-11-8/h1-2,7H,3-6H2;1-3H,4-7H2;5-6H,1-4H2. The van der Waals surface area contributed by atoms with Crippen molar-refractivity contribution in [3.63, 3.8) is 0 Å². The minimum atomic E-state index is 0.596. The van der Waals surface area contributed by atoms with Crippen molar-refractivity contribution >= 4 is 51.6 Å². The summed E-state index contributed by atoms with van der Waals surface area (Å²) < 4.78 is 32.5. The molecule has 45 heavy (non-hydrogen) atoms. The molecular weight excluding hydrogens is 584 g/mol. The lowest BCUT2D eigenvalue weighted by molar-refractivity contribution is 0.120. The smallest absolute Gasteiger partial charge is 0.300 e. The molecule has 16 heteroatoms. The van der Waals surface area contributed by atoms with Gasteiger partial charge in [0.2, 0.25) is 11.4 Å². The molecule has 0 bridgehead atoms. The van der Waals surface area contributed by atoms with Gasteiger partial charge < -0.3 is 42.2 Å². The first-order valence-electron chi connectivity index (χ1n) is 14.8. The number of aromatic nitrogens is 7. The molecule has 6 aromatic rings. The van der Waals surface area contributed by atoms with E-state index in [0.717, 1.165) is 82.3 Å². The van der Waals surface area contributed by atoms with Crippen molar-refractivity contribution in [2.45, 2.75) is 0 Å². The summed E-state index contributed by atoms with van der Waals surface area (Å²) >= 11 is 0. The highest BCUT2D eigenvalue weighted by Crippen LogP contribution is 2.22. The quantitative estimate of drug-likeness (QED) is 0.284. The second kappa shape index (κ2) is 13.8. The van der Waals surface area contributed by atoms with E-state index in [2.05, 4.69) is 44.7 Å². The molecule has 9 rings (SSSR count). The lowest BCUT2D eigenvalue weighted by Gasteiger charge is -2.24. The van der Waals surface area contributed by atoms with Crippen LogP contribution in [0.5, 0.6) is 0 Å². The molecular formula is C29H32N10O6. The molecule has 0 spiro atoms. The van der Waals surface area contributed by atoms with Crippen LogP contribution < -0.4 is 14.7 Å². The SMILES string of the molecule is c1cc2nc(N3CCOCC3)oc2cn1.c1cnc2oc(N3CCOCC3)nc2c1.c1ncc2oc(N3CCOCC3)nc2n1. The molecule has 0 radical (unpaired) electrons. The van der Waals surface area contributed by atoms with Crippen molar-refractivity contribution in [1.29, 1.82) is 0 Å². The molecule has 6 aromatic heterocycles. The molecule has 16 nitrogen and oxygen atoms in total. The van der Waals surface area contributed by atoms with E-state index in [-0.39, 0.29) is 0 Å². The summed E-state index contributed by atoms with van der Waals surface area (Å²) in [6.45, 7) is 9.28.